The summed E-state index contributed by atoms with van der Waals surface area (Å²) in [5, 5.41) is 15.1. The molecule has 0 bridgehead atoms. The van der Waals surface area contributed by atoms with E-state index in [4.69, 9.17) is 4.52 Å². The number of aromatic nitrogens is 4. The quantitative estimate of drug-likeness (QED) is 0.574. The third-order valence-corrected chi connectivity index (χ3v) is 3.80. The predicted octanol–water partition coefficient (Wildman–Crippen LogP) is 4.08. The van der Waals surface area contributed by atoms with Gasteiger partial charge in [0.05, 0.1) is 0 Å². The molecule has 8 heteroatoms. The Morgan fingerprint density at radius 2 is 1.52 bits per heavy atom. The van der Waals surface area contributed by atoms with Crippen LogP contribution < -0.4 is 5.32 Å². The van der Waals surface area contributed by atoms with Gasteiger partial charge in [-0.2, -0.15) is 4.98 Å². The first kappa shape index (κ1) is 16.8. The van der Waals surface area contributed by atoms with Crippen LogP contribution in [0.2, 0.25) is 0 Å². The normalized spacial score (nSPS) is 10.7. The van der Waals surface area contributed by atoms with E-state index in [1.165, 1.54) is 24.3 Å². The first-order chi connectivity index (χ1) is 13.2. The summed E-state index contributed by atoms with van der Waals surface area (Å²) in [5.74, 6) is 0.498. The van der Waals surface area contributed by atoms with Gasteiger partial charge in [-0.25, -0.2) is 8.78 Å². The molecule has 2 aromatic heterocycles. The van der Waals surface area contributed by atoms with Gasteiger partial charge in [-0.3, -0.25) is 0 Å². The van der Waals surface area contributed by atoms with Crippen molar-refractivity contribution in [3.63, 3.8) is 0 Å². The first-order valence-corrected chi connectivity index (χ1v) is 8.09. The Morgan fingerprint density at radius 1 is 0.815 bits per heavy atom. The second kappa shape index (κ2) is 7.28. The highest BCUT2D eigenvalue weighted by Gasteiger charge is 2.12. The minimum absolute atomic E-state index is 0.215. The molecule has 2 heterocycles. The fourth-order valence-corrected chi connectivity index (χ4v) is 2.38. The van der Waals surface area contributed by atoms with Gasteiger partial charge < -0.3 is 9.84 Å². The van der Waals surface area contributed by atoms with Crippen LogP contribution in [0.25, 0.3) is 23.0 Å². The van der Waals surface area contributed by atoms with Crippen molar-refractivity contribution >= 4 is 5.82 Å². The molecule has 1 N–H and O–H groups in total. The van der Waals surface area contributed by atoms with E-state index in [1.54, 1.807) is 36.4 Å². The summed E-state index contributed by atoms with van der Waals surface area (Å²) in [6.45, 7) is 0.490. The van der Waals surface area contributed by atoms with Gasteiger partial charge in [0.1, 0.15) is 17.5 Å². The van der Waals surface area contributed by atoms with Gasteiger partial charge in [-0.1, -0.05) is 17.3 Å². The first-order valence-electron chi connectivity index (χ1n) is 8.09. The molecule has 2 aromatic carbocycles. The van der Waals surface area contributed by atoms with Gasteiger partial charge in [0.25, 0.3) is 5.89 Å². The molecule has 0 radical (unpaired) electrons. The summed E-state index contributed by atoms with van der Waals surface area (Å²) in [4.78, 5) is 4.25. The lowest BCUT2D eigenvalue weighted by molar-refractivity contribution is 0.430. The second-order valence-electron chi connectivity index (χ2n) is 5.71. The lowest BCUT2D eigenvalue weighted by atomic mass is 10.2. The summed E-state index contributed by atoms with van der Waals surface area (Å²) in [5.41, 5.74) is 1.98. The SMILES string of the molecule is Fc1ccc(CNc2ccc(-c3nc(-c4ccc(F)cc4)no3)nn2)cc1. The molecule has 6 nitrogen and oxygen atoms in total. The van der Waals surface area contributed by atoms with E-state index >= 15 is 0 Å². The van der Waals surface area contributed by atoms with Crippen LogP contribution in [0.4, 0.5) is 14.6 Å². The van der Waals surface area contributed by atoms with Gasteiger partial charge in [-0.05, 0) is 54.1 Å². The Hall–Kier alpha value is -3.68. The molecule has 0 unspecified atom stereocenters. The molecule has 0 aliphatic carbocycles. The lowest BCUT2D eigenvalue weighted by Gasteiger charge is -2.05. The van der Waals surface area contributed by atoms with Gasteiger partial charge in [0.15, 0.2) is 5.69 Å². The van der Waals surface area contributed by atoms with Crippen LogP contribution in [0.3, 0.4) is 0 Å². The molecule has 0 aliphatic heterocycles. The summed E-state index contributed by atoms with van der Waals surface area (Å²) in [6.07, 6.45) is 0. The number of rotatable bonds is 5. The second-order valence-corrected chi connectivity index (χ2v) is 5.71. The molecule has 0 fully saturated rings. The van der Waals surface area contributed by atoms with E-state index < -0.39 is 0 Å². The molecular formula is C19H13F2N5O. The van der Waals surface area contributed by atoms with E-state index in [2.05, 4.69) is 25.7 Å². The van der Waals surface area contributed by atoms with Crippen LogP contribution in [0.1, 0.15) is 5.56 Å². The van der Waals surface area contributed by atoms with Gasteiger partial charge >= 0.3 is 0 Å². The molecule has 0 saturated heterocycles. The average Bonchev–Trinajstić information content (AvgIpc) is 3.19. The third kappa shape index (κ3) is 3.95. The number of benzene rings is 2. The molecule has 134 valence electrons. The van der Waals surface area contributed by atoms with Crippen molar-refractivity contribution in [1.29, 1.82) is 0 Å². The van der Waals surface area contributed by atoms with Crippen molar-refractivity contribution in [3.05, 3.63) is 77.9 Å². The van der Waals surface area contributed by atoms with Crippen LogP contribution >= 0.6 is 0 Å². The lowest BCUT2D eigenvalue weighted by Crippen LogP contribution is -2.02. The average molecular weight is 365 g/mol. The molecule has 0 spiro atoms. The number of hydrogen-bond donors (Lipinski definition) is 1. The summed E-state index contributed by atoms with van der Waals surface area (Å²) >= 11 is 0. The highest BCUT2D eigenvalue weighted by molar-refractivity contribution is 5.57. The van der Waals surface area contributed by atoms with Gasteiger partial charge in [0, 0.05) is 12.1 Å². The van der Waals surface area contributed by atoms with Crippen LogP contribution in [0.5, 0.6) is 0 Å². The number of nitrogens with one attached hydrogen (secondary N) is 1. The fourth-order valence-electron chi connectivity index (χ4n) is 2.38. The standard InChI is InChI=1S/C19H13F2N5O/c20-14-5-1-12(2-6-14)11-22-17-10-9-16(24-25-17)19-23-18(26-27-19)13-3-7-15(21)8-4-13/h1-10H,11H2,(H,22,25). The van der Waals surface area contributed by atoms with Crippen LogP contribution in [-0.2, 0) is 6.54 Å². The number of nitrogens with zero attached hydrogens (tertiary/aromatic N) is 4. The maximum absolute atomic E-state index is 13.0. The van der Waals surface area contributed by atoms with E-state index in [0.717, 1.165) is 5.56 Å². The monoisotopic (exact) mass is 365 g/mol. The number of anilines is 1. The van der Waals surface area contributed by atoms with E-state index in [0.29, 0.717) is 29.4 Å². The zero-order valence-electron chi connectivity index (χ0n) is 13.9. The maximum atomic E-state index is 13.0. The Labute approximate surface area is 152 Å². The Bertz CT molecular complexity index is 1030. The van der Waals surface area contributed by atoms with E-state index in [1.807, 2.05) is 0 Å². The van der Waals surface area contributed by atoms with Crippen molar-refractivity contribution in [1.82, 2.24) is 20.3 Å². The summed E-state index contributed by atoms with van der Waals surface area (Å²) in [6, 6.07) is 15.4. The van der Waals surface area contributed by atoms with Crippen molar-refractivity contribution in [3.8, 4) is 23.0 Å². The largest absolute Gasteiger partial charge is 0.365 e. The Morgan fingerprint density at radius 3 is 2.19 bits per heavy atom. The number of hydrogen-bond acceptors (Lipinski definition) is 6. The Kier molecular flexibility index (Phi) is 4.52. The fraction of sp³-hybridized carbons (Fsp3) is 0.0526. The molecule has 0 saturated carbocycles. The minimum atomic E-state index is -0.336. The molecule has 27 heavy (non-hydrogen) atoms. The molecule has 4 rings (SSSR count). The highest BCUT2D eigenvalue weighted by Crippen LogP contribution is 2.21. The van der Waals surface area contributed by atoms with Crippen molar-refractivity contribution in [2.75, 3.05) is 5.32 Å². The van der Waals surface area contributed by atoms with Crippen molar-refractivity contribution < 1.29 is 13.3 Å². The third-order valence-electron chi connectivity index (χ3n) is 3.80. The van der Waals surface area contributed by atoms with E-state index in [9.17, 15) is 8.78 Å². The molecule has 0 amide bonds. The van der Waals surface area contributed by atoms with Gasteiger partial charge in [-0.15, -0.1) is 10.2 Å². The van der Waals surface area contributed by atoms with Gasteiger partial charge in [0.2, 0.25) is 5.82 Å². The maximum Gasteiger partial charge on any atom is 0.278 e. The zero-order valence-corrected chi connectivity index (χ0v) is 13.9. The molecule has 0 atom stereocenters. The predicted molar refractivity (Wildman–Crippen MR) is 94.4 cm³/mol. The van der Waals surface area contributed by atoms with Crippen LogP contribution in [0.15, 0.2) is 65.2 Å². The molecular weight excluding hydrogens is 352 g/mol. The van der Waals surface area contributed by atoms with Crippen LogP contribution in [-0.4, -0.2) is 20.3 Å². The topological polar surface area (TPSA) is 76.7 Å². The van der Waals surface area contributed by atoms with Crippen molar-refractivity contribution in [2.24, 2.45) is 0 Å². The van der Waals surface area contributed by atoms with Crippen LogP contribution in [0, 0.1) is 11.6 Å². The highest BCUT2D eigenvalue weighted by atomic mass is 19.1. The summed E-state index contributed by atoms with van der Waals surface area (Å²) < 4.78 is 31.1. The molecule has 4 aromatic rings. The van der Waals surface area contributed by atoms with E-state index in [-0.39, 0.29) is 17.5 Å². The van der Waals surface area contributed by atoms with Crippen molar-refractivity contribution in [2.45, 2.75) is 6.54 Å². The minimum Gasteiger partial charge on any atom is -0.365 e. The zero-order chi connectivity index (χ0) is 18.6. The smallest absolute Gasteiger partial charge is 0.278 e. The molecule has 0 aliphatic rings. The summed E-state index contributed by atoms with van der Waals surface area (Å²) in [7, 11) is 0. The Balaban J connectivity index is 1.44. The number of halogens is 2.